The summed E-state index contributed by atoms with van der Waals surface area (Å²) < 4.78 is 4.71. The number of esters is 1. The number of benzene rings is 2. The lowest BCUT2D eigenvalue weighted by atomic mass is 9.92. The summed E-state index contributed by atoms with van der Waals surface area (Å²) in [6, 6.07) is 17.2. The average Bonchev–Trinajstić information content (AvgIpc) is 2.76. The molecule has 2 rings (SSSR count). The third kappa shape index (κ3) is 8.62. The second kappa shape index (κ2) is 12.5. The summed E-state index contributed by atoms with van der Waals surface area (Å²) in [5.74, 6) is -0.851. The van der Waals surface area contributed by atoms with Gasteiger partial charge in [-0.05, 0) is 62.3 Å². The summed E-state index contributed by atoms with van der Waals surface area (Å²) in [6.45, 7) is 3.12. The number of amides is 2. The zero-order valence-corrected chi connectivity index (χ0v) is 18.5. The number of nitrogens with one attached hydrogen (secondary N) is 2. The molecule has 0 fully saturated rings. The zero-order valence-electron chi connectivity index (χ0n) is 18.5. The summed E-state index contributed by atoms with van der Waals surface area (Å²) in [5.41, 5.74) is 3.11. The summed E-state index contributed by atoms with van der Waals surface area (Å²) in [7, 11) is 1.31. The Balaban J connectivity index is 1.94. The zero-order chi connectivity index (χ0) is 22.6. The number of hydrogen-bond acceptors (Lipinski definition) is 4. The largest absolute Gasteiger partial charge is 0.467 e. The fourth-order valence-electron chi connectivity index (χ4n) is 3.47. The Morgan fingerprint density at radius 3 is 2.16 bits per heavy atom. The van der Waals surface area contributed by atoms with Crippen LogP contribution in [0.1, 0.15) is 44.2 Å². The first-order valence-electron chi connectivity index (χ1n) is 10.7. The summed E-state index contributed by atoms with van der Waals surface area (Å²) in [5, 5.41) is 5.54. The molecule has 0 unspecified atom stereocenters. The van der Waals surface area contributed by atoms with Crippen LogP contribution in [-0.2, 0) is 32.0 Å². The number of carbonyl (C=O) groups is 3. The molecule has 0 aliphatic carbocycles. The molecule has 0 saturated carbocycles. The molecular formula is C25H32N2O4. The Kier molecular flexibility index (Phi) is 9.75. The van der Waals surface area contributed by atoms with E-state index in [0.29, 0.717) is 6.42 Å². The third-order valence-electron chi connectivity index (χ3n) is 5.20. The number of aryl methyl sites for hydroxylation is 2. The molecule has 0 spiro atoms. The van der Waals surface area contributed by atoms with Gasteiger partial charge in [0.1, 0.15) is 6.04 Å². The molecule has 2 amide bonds. The van der Waals surface area contributed by atoms with Crippen LogP contribution in [0.15, 0.2) is 54.6 Å². The Labute approximate surface area is 184 Å². The minimum Gasteiger partial charge on any atom is -0.467 e. The maximum absolute atomic E-state index is 12.8. The lowest BCUT2D eigenvalue weighted by Crippen LogP contribution is -2.42. The van der Waals surface area contributed by atoms with E-state index >= 15 is 0 Å². The summed E-state index contributed by atoms with van der Waals surface area (Å²) in [4.78, 5) is 35.6. The number of methoxy groups -OCH3 is 1. The second-order valence-corrected chi connectivity index (χ2v) is 7.74. The van der Waals surface area contributed by atoms with Gasteiger partial charge in [-0.2, -0.15) is 0 Å². The van der Waals surface area contributed by atoms with Crippen molar-refractivity contribution in [1.29, 1.82) is 0 Å². The first-order valence-corrected chi connectivity index (χ1v) is 10.7. The van der Waals surface area contributed by atoms with E-state index in [9.17, 15) is 14.4 Å². The van der Waals surface area contributed by atoms with Gasteiger partial charge >= 0.3 is 5.97 Å². The first-order chi connectivity index (χ1) is 14.9. The predicted molar refractivity (Wildman–Crippen MR) is 122 cm³/mol. The fourth-order valence-corrected chi connectivity index (χ4v) is 3.47. The molecule has 2 aromatic carbocycles. The van der Waals surface area contributed by atoms with Crippen molar-refractivity contribution in [2.24, 2.45) is 5.92 Å². The molecule has 0 saturated heterocycles. The van der Waals surface area contributed by atoms with Gasteiger partial charge in [0.15, 0.2) is 0 Å². The molecule has 0 aliphatic heterocycles. The van der Waals surface area contributed by atoms with Crippen molar-refractivity contribution >= 4 is 23.5 Å². The van der Waals surface area contributed by atoms with Gasteiger partial charge < -0.3 is 15.4 Å². The number of carbonyl (C=O) groups excluding carboxylic acids is 3. The van der Waals surface area contributed by atoms with Gasteiger partial charge in [0.25, 0.3) is 0 Å². The lowest BCUT2D eigenvalue weighted by molar-refractivity contribution is -0.145. The van der Waals surface area contributed by atoms with Gasteiger partial charge in [-0.1, -0.05) is 42.5 Å². The number of hydrogen-bond donors (Lipinski definition) is 2. The van der Waals surface area contributed by atoms with Crippen LogP contribution in [0.4, 0.5) is 5.69 Å². The second-order valence-electron chi connectivity index (χ2n) is 7.74. The Bertz CT molecular complexity index is 850. The van der Waals surface area contributed by atoms with Crippen LogP contribution < -0.4 is 10.6 Å². The van der Waals surface area contributed by atoms with Gasteiger partial charge in [-0.15, -0.1) is 0 Å². The van der Waals surface area contributed by atoms with Crippen molar-refractivity contribution in [3.8, 4) is 0 Å². The van der Waals surface area contributed by atoms with Crippen molar-refractivity contribution in [2.45, 2.75) is 52.0 Å². The van der Waals surface area contributed by atoms with E-state index in [0.717, 1.165) is 36.9 Å². The fraction of sp³-hybridized carbons (Fsp3) is 0.400. The highest BCUT2D eigenvalue weighted by Crippen LogP contribution is 2.19. The van der Waals surface area contributed by atoms with E-state index < -0.39 is 12.0 Å². The Morgan fingerprint density at radius 2 is 1.55 bits per heavy atom. The van der Waals surface area contributed by atoms with Crippen molar-refractivity contribution in [3.63, 3.8) is 0 Å². The molecule has 0 aliphatic rings. The normalized spacial score (nSPS) is 12.5. The van der Waals surface area contributed by atoms with Crippen molar-refractivity contribution in [3.05, 3.63) is 65.7 Å². The van der Waals surface area contributed by atoms with E-state index in [1.54, 1.807) is 6.92 Å². The summed E-state index contributed by atoms with van der Waals surface area (Å²) in [6.07, 6.45) is 3.92. The minimum atomic E-state index is -0.668. The molecule has 6 heteroatoms. The number of ether oxygens (including phenoxy) is 1. The van der Waals surface area contributed by atoms with E-state index in [1.165, 1.54) is 19.6 Å². The SMILES string of the molecule is COC(=O)[C@H](C)NC(=O)[C@H](CCCc1ccc(NC(C)=O)cc1)CCc1ccccc1. The standard InChI is InChI=1S/C25H32N2O4/c1-18(25(30)31-3)26-24(29)22(15-12-20-8-5-4-6-9-20)11-7-10-21-13-16-23(17-14-21)27-19(2)28/h4-6,8-9,13-14,16-18,22H,7,10-12,15H2,1-3H3,(H,26,29)(H,27,28)/t18-,22+/m0/s1. The molecule has 2 N–H and O–H groups in total. The molecular weight excluding hydrogens is 392 g/mol. The van der Waals surface area contributed by atoms with E-state index in [4.69, 9.17) is 4.74 Å². The lowest BCUT2D eigenvalue weighted by Gasteiger charge is -2.19. The van der Waals surface area contributed by atoms with Gasteiger partial charge in [0, 0.05) is 18.5 Å². The number of anilines is 1. The van der Waals surface area contributed by atoms with Crippen LogP contribution in [-0.4, -0.2) is 30.9 Å². The molecule has 0 radical (unpaired) electrons. The quantitative estimate of drug-likeness (QED) is 0.536. The molecule has 0 aromatic heterocycles. The van der Waals surface area contributed by atoms with Crippen molar-refractivity contribution in [1.82, 2.24) is 5.32 Å². The molecule has 166 valence electrons. The van der Waals surface area contributed by atoms with Gasteiger partial charge in [0.05, 0.1) is 7.11 Å². The molecule has 6 nitrogen and oxygen atoms in total. The first kappa shape index (κ1) is 24.1. The van der Waals surface area contributed by atoms with Crippen LogP contribution in [0.25, 0.3) is 0 Å². The van der Waals surface area contributed by atoms with Gasteiger partial charge in [0.2, 0.25) is 11.8 Å². The van der Waals surface area contributed by atoms with Crippen molar-refractivity contribution < 1.29 is 19.1 Å². The van der Waals surface area contributed by atoms with Gasteiger partial charge in [-0.3, -0.25) is 9.59 Å². The Morgan fingerprint density at radius 1 is 0.903 bits per heavy atom. The van der Waals surface area contributed by atoms with Crippen LogP contribution in [0.3, 0.4) is 0 Å². The third-order valence-corrected chi connectivity index (χ3v) is 5.20. The highest BCUT2D eigenvalue weighted by molar-refractivity contribution is 5.88. The average molecular weight is 425 g/mol. The minimum absolute atomic E-state index is 0.0961. The maximum Gasteiger partial charge on any atom is 0.328 e. The molecule has 2 aromatic rings. The van der Waals surface area contributed by atoms with E-state index in [-0.39, 0.29) is 17.7 Å². The molecule has 2 atom stereocenters. The Hall–Kier alpha value is -3.15. The monoisotopic (exact) mass is 424 g/mol. The van der Waals surface area contributed by atoms with E-state index in [2.05, 4.69) is 22.8 Å². The highest BCUT2D eigenvalue weighted by Gasteiger charge is 2.23. The van der Waals surface area contributed by atoms with Crippen LogP contribution in [0.5, 0.6) is 0 Å². The number of rotatable bonds is 11. The van der Waals surface area contributed by atoms with Crippen LogP contribution in [0.2, 0.25) is 0 Å². The predicted octanol–water partition coefficient (Wildman–Crippen LogP) is 3.89. The van der Waals surface area contributed by atoms with Crippen molar-refractivity contribution in [2.75, 3.05) is 12.4 Å². The smallest absolute Gasteiger partial charge is 0.328 e. The highest BCUT2D eigenvalue weighted by atomic mass is 16.5. The topological polar surface area (TPSA) is 84.5 Å². The summed E-state index contributed by atoms with van der Waals surface area (Å²) >= 11 is 0. The maximum atomic E-state index is 12.8. The van der Waals surface area contributed by atoms with Gasteiger partial charge in [-0.25, -0.2) is 4.79 Å². The van der Waals surface area contributed by atoms with E-state index in [1.807, 2.05) is 42.5 Å². The molecule has 31 heavy (non-hydrogen) atoms. The van der Waals surface area contributed by atoms with Crippen LogP contribution in [0, 0.1) is 5.92 Å². The van der Waals surface area contributed by atoms with Crippen LogP contribution >= 0.6 is 0 Å². The molecule has 0 bridgehead atoms. The molecule has 0 heterocycles.